The molecule has 8 nitrogen and oxygen atoms in total. The second-order valence-electron chi connectivity index (χ2n) is 5.99. The Balaban J connectivity index is 1.92. The summed E-state index contributed by atoms with van der Waals surface area (Å²) >= 11 is 1.37. The summed E-state index contributed by atoms with van der Waals surface area (Å²) in [5.41, 5.74) is 1.71. The number of aliphatic hydroxyl groups excluding tert-OH is 1. The minimum atomic E-state index is -0.636. The number of nitrogens with one attached hydrogen (secondary N) is 2. The van der Waals surface area contributed by atoms with Crippen molar-refractivity contribution in [3.63, 3.8) is 0 Å². The van der Waals surface area contributed by atoms with Crippen LogP contribution in [-0.4, -0.2) is 43.6 Å². The summed E-state index contributed by atoms with van der Waals surface area (Å²) in [5.74, 6) is -0.0413. The van der Waals surface area contributed by atoms with E-state index in [0.29, 0.717) is 16.3 Å². The molecule has 0 aliphatic rings. The predicted molar refractivity (Wildman–Crippen MR) is 100 cm³/mol. The van der Waals surface area contributed by atoms with Crippen LogP contribution in [0.2, 0.25) is 0 Å². The summed E-state index contributed by atoms with van der Waals surface area (Å²) in [6.07, 6.45) is 2.84. The molecule has 26 heavy (non-hydrogen) atoms. The number of aryl methyl sites for hydroxylation is 1. The Morgan fingerprint density at radius 3 is 2.81 bits per heavy atom. The van der Waals surface area contributed by atoms with Crippen molar-refractivity contribution >= 4 is 33.5 Å². The Labute approximate surface area is 154 Å². The van der Waals surface area contributed by atoms with Crippen LogP contribution in [0.15, 0.2) is 24.5 Å². The van der Waals surface area contributed by atoms with E-state index in [0.717, 1.165) is 10.6 Å². The molecular weight excluding hydrogens is 352 g/mol. The van der Waals surface area contributed by atoms with Gasteiger partial charge >= 0.3 is 0 Å². The minimum absolute atomic E-state index is 0.0887. The van der Waals surface area contributed by atoms with E-state index in [1.165, 1.54) is 11.3 Å². The zero-order chi connectivity index (χ0) is 18.7. The van der Waals surface area contributed by atoms with E-state index >= 15 is 0 Å². The third-order valence-corrected chi connectivity index (χ3v) is 4.63. The fourth-order valence-corrected chi connectivity index (χ4v) is 3.22. The number of hydrogen-bond acceptors (Lipinski definition) is 8. The van der Waals surface area contributed by atoms with Gasteiger partial charge in [0.05, 0.1) is 17.2 Å². The molecule has 3 N–H and O–H groups in total. The number of aromatic nitrogens is 4. The molecule has 0 fully saturated rings. The molecule has 3 aromatic heterocycles. The third kappa shape index (κ3) is 4.12. The smallest absolute Gasteiger partial charge is 0.271 e. The van der Waals surface area contributed by atoms with Gasteiger partial charge in [-0.3, -0.25) is 9.78 Å². The summed E-state index contributed by atoms with van der Waals surface area (Å²) in [7, 11) is 0. The van der Waals surface area contributed by atoms with Gasteiger partial charge in [0.2, 0.25) is 5.95 Å². The quantitative estimate of drug-likeness (QED) is 0.607. The van der Waals surface area contributed by atoms with Gasteiger partial charge in [0.15, 0.2) is 11.3 Å². The van der Waals surface area contributed by atoms with Gasteiger partial charge < -0.3 is 15.7 Å². The van der Waals surface area contributed by atoms with Gasteiger partial charge in [0.25, 0.3) is 5.91 Å². The summed E-state index contributed by atoms with van der Waals surface area (Å²) < 4.78 is 0.630. The first-order chi connectivity index (χ1) is 12.4. The van der Waals surface area contributed by atoms with E-state index in [2.05, 4.69) is 30.6 Å². The van der Waals surface area contributed by atoms with Crippen molar-refractivity contribution in [3.8, 4) is 0 Å². The Bertz CT molecular complexity index is 912. The first-order valence-electron chi connectivity index (χ1n) is 8.22. The Hall–Kier alpha value is -2.65. The predicted octanol–water partition coefficient (Wildman–Crippen LogP) is 2.07. The molecule has 0 aliphatic carbocycles. The molecule has 0 spiro atoms. The van der Waals surface area contributed by atoms with Crippen molar-refractivity contribution in [2.24, 2.45) is 0 Å². The topological polar surface area (TPSA) is 113 Å². The lowest BCUT2D eigenvalue weighted by atomic mass is 10.1. The van der Waals surface area contributed by atoms with Crippen molar-refractivity contribution in [1.82, 2.24) is 25.3 Å². The molecule has 3 rings (SSSR count). The fourth-order valence-electron chi connectivity index (χ4n) is 2.38. The zero-order valence-electron chi connectivity index (χ0n) is 14.7. The lowest BCUT2D eigenvalue weighted by molar-refractivity contribution is 0.0921. The molecule has 9 heteroatoms. The third-order valence-electron chi connectivity index (χ3n) is 3.66. The lowest BCUT2D eigenvalue weighted by Gasteiger charge is -2.14. The summed E-state index contributed by atoms with van der Waals surface area (Å²) in [6.45, 7) is 5.57. The lowest BCUT2D eigenvalue weighted by Crippen LogP contribution is -2.31. The molecule has 0 aromatic carbocycles. The van der Waals surface area contributed by atoms with E-state index in [1.807, 2.05) is 26.0 Å². The highest BCUT2D eigenvalue weighted by molar-refractivity contribution is 7.18. The van der Waals surface area contributed by atoms with Crippen molar-refractivity contribution in [2.45, 2.75) is 32.9 Å². The number of amides is 1. The number of fused-ring (bicyclic) bond motifs is 1. The maximum Gasteiger partial charge on any atom is 0.271 e. The van der Waals surface area contributed by atoms with Crippen LogP contribution in [0.4, 0.5) is 5.95 Å². The molecule has 2 atom stereocenters. The van der Waals surface area contributed by atoms with Crippen LogP contribution in [0.1, 0.15) is 40.9 Å². The second-order valence-corrected chi connectivity index (χ2v) is 7.20. The van der Waals surface area contributed by atoms with E-state index < -0.39 is 6.10 Å². The monoisotopic (exact) mass is 372 g/mol. The van der Waals surface area contributed by atoms with E-state index in [4.69, 9.17) is 0 Å². The Morgan fingerprint density at radius 2 is 2.12 bits per heavy atom. The normalized spacial score (nSPS) is 13.4. The molecule has 0 bridgehead atoms. The summed E-state index contributed by atoms with van der Waals surface area (Å²) in [4.78, 5) is 29.8. The molecule has 0 radical (unpaired) electrons. The highest BCUT2D eigenvalue weighted by Gasteiger charge is 2.19. The van der Waals surface area contributed by atoms with Crippen LogP contribution >= 0.6 is 11.3 Å². The van der Waals surface area contributed by atoms with Crippen LogP contribution in [0.25, 0.3) is 10.3 Å². The van der Waals surface area contributed by atoms with Crippen LogP contribution in [0.5, 0.6) is 0 Å². The zero-order valence-corrected chi connectivity index (χ0v) is 15.5. The van der Waals surface area contributed by atoms with Gasteiger partial charge in [-0.15, -0.1) is 11.3 Å². The van der Waals surface area contributed by atoms with Gasteiger partial charge in [-0.2, -0.15) is 4.98 Å². The van der Waals surface area contributed by atoms with Crippen molar-refractivity contribution < 1.29 is 9.90 Å². The van der Waals surface area contributed by atoms with Crippen molar-refractivity contribution in [1.29, 1.82) is 0 Å². The van der Waals surface area contributed by atoms with E-state index in [1.54, 1.807) is 19.3 Å². The molecule has 0 saturated heterocycles. The molecule has 136 valence electrons. The first kappa shape index (κ1) is 18.2. The van der Waals surface area contributed by atoms with Crippen LogP contribution in [0.3, 0.4) is 0 Å². The molecule has 0 saturated carbocycles. The van der Waals surface area contributed by atoms with Gasteiger partial charge in [-0.05, 0) is 32.4 Å². The molecule has 3 heterocycles. The number of nitrogens with zero attached hydrogens (tertiary/aromatic N) is 4. The second kappa shape index (κ2) is 7.71. The highest BCUT2D eigenvalue weighted by atomic mass is 32.1. The molecular formula is C17H20N6O2S. The van der Waals surface area contributed by atoms with E-state index in [9.17, 15) is 9.90 Å². The number of rotatable bonds is 6. The number of pyridine rings is 1. The van der Waals surface area contributed by atoms with E-state index in [-0.39, 0.29) is 24.2 Å². The molecule has 0 unspecified atom stereocenters. The molecule has 1 amide bonds. The summed E-state index contributed by atoms with van der Waals surface area (Å²) in [6, 6.07) is 3.72. The molecule has 3 aromatic rings. The average Bonchev–Trinajstić information content (AvgIpc) is 2.99. The van der Waals surface area contributed by atoms with Gasteiger partial charge in [-0.1, -0.05) is 6.07 Å². The van der Waals surface area contributed by atoms with Crippen LogP contribution in [0, 0.1) is 6.92 Å². The van der Waals surface area contributed by atoms with Crippen molar-refractivity contribution in [3.05, 3.63) is 40.8 Å². The Kier molecular flexibility index (Phi) is 5.38. The van der Waals surface area contributed by atoms with Gasteiger partial charge in [-0.25, -0.2) is 9.97 Å². The Morgan fingerprint density at radius 1 is 1.31 bits per heavy atom. The number of carbonyl (C=O) groups is 1. The SMILES string of the molecule is Cc1nc2nc(N[C@@H](C)c3cccnc3)nc(C(=O)NC[C@H](C)O)c2s1. The van der Waals surface area contributed by atoms with Gasteiger partial charge in [0.1, 0.15) is 4.70 Å². The largest absolute Gasteiger partial charge is 0.392 e. The number of hydrogen-bond donors (Lipinski definition) is 3. The molecule has 0 aliphatic heterocycles. The number of aliphatic hydroxyl groups is 1. The highest BCUT2D eigenvalue weighted by Crippen LogP contribution is 2.25. The number of anilines is 1. The maximum absolute atomic E-state index is 12.5. The average molecular weight is 372 g/mol. The first-order valence-corrected chi connectivity index (χ1v) is 9.03. The number of thiazole rings is 1. The van der Waals surface area contributed by atoms with Crippen LogP contribution in [-0.2, 0) is 0 Å². The minimum Gasteiger partial charge on any atom is -0.392 e. The number of carbonyl (C=O) groups excluding carboxylic acids is 1. The van der Waals surface area contributed by atoms with Crippen LogP contribution < -0.4 is 10.6 Å². The van der Waals surface area contributed by atoms with Gasteiger partial charge in [0, 0.05) is 18.9 Å². The maximum atomic E-state index is 12.5. The standard InChI is InChI=1S/C17H20N6O2S/c1-9(24)7-19-16(25)13-14-15(21-11(3)26-14)23-17(22-13)20-10(2)12-5-4-6-18-8-12/h4-6,8-10,24H,7H2,1-3H3,(H,19,25)(H,20,22,23)/t9-,10-/m0/s1. The fraction of sp³-hybridized carbons (Fsp3) is 0.353. The summed E-state index contributed by atoms with van der Waals surface area (Å²) in [5, 5.41) is 16.1. The van der Waals surface area contributed by atoms with Crippen molar-refractivity contribution in [2.75, 3.05) is 11.9 Å².